The van der Waals surface area contributed by atoms with Crippen molar-refractivity contribution >= 4 is 11.5 Å². The molecule has 0 bridgehead atoms. The topological polar surface area (TPSA) is 45.6 Å². The van der Waals surface area contributed by atoms with Crippen LogP contribution in [-0.4, -0.2) is 24.2 Å². The average molecular weight is 262 g/mol. The number of rotatable bonds is 4. The molecule has 1 aromatic heterocycles. The van der Waals surface area contributed by atoms with E-state index < -0.39 is 5.82 Å². The number of aliphatic hydroxyl groups is 1. The lowest BCUT2D eigenvalue weighted by atomic mass is 10.2. The van der Waals surface area contributed by atoms with E-state index >= 15 is 0 Å². The van der Waals surface area contributed by atoms with Gasteiger partial charge in [-0.15, -0.1) is 0 Å². The van der Waals surface area contributed by atoms with Crippen LogP contribution in [0.4, 0.5) is 15.9 Å². The summed E-state index contributed by atoms with van der Waals surface area (Å²) in [6.07, 6.45) is 1.13. The molecule has 0 saturated carbocycles. The Kier molecular flexibility index (Phi) is 3.97. The van der Waals surface area contributed by atoms with Gasteiger partial charge in [-0.25, -0.2) is 9.37 Å². The summed E-state index contributed by atoms with van der Waals surface area (Å²) in [4.78, 5) is 5.79. The van der Waals surface area contributed by atoms with Gasteiger partial charge in [-0.2, -0.15) is 0 Å². The predicted molar refractivity (Wildman–Crippen MR) is 71.2 cm³/mol. The van der Waals surface area contributed by atoms with Gasteiger partial charge in [-0.05, 0) is 18.2 Å². The summed E-state index contributed by atoms with van der Waals surface area (Å²) in [6.45, 7) is -0.278. The van der Waals surface area contributed by atoms with Gasteiger partial charge in [0.25, 0.3) is 0 Å². The molecule has 2 rings (SSSR count). The molecule has 4 nitrogen and oxygen atoms in total. The molecule has 19 heavy (non-hydrogen) atoms. The van der Waals surface area contributed by atoms with Crippen molar-refractivity contribution in [2.75, 3.05) is 19.1 Å². The largest absolute Gasteiger partial charge is 0.495 e. The highest BCUT2D eigenvalue weighted by molar-refractivity contribution is 5.68. The Morgan fingerprint density at radius 1 is 1.37 bits per heavy atom. The van der Waals surface area contributed by atoms with Crippen molar-refractivity contribution in [2.24, 2.45) is 0 Å². The molecule has 0 radical (unpaired) electrons. The number of nitrogens with zero attached hydrogens (tertiary/aromatic N) is 2. The Labute approximate surface area is 111 Å². The third-order valence-corrected chi connectivity index (χ3v) is 2.84. The Hall–Kier alpha value is -2.14. The first-order valence-electron chi connectivity index (χ1n) is 5.79. The molecule has 0 aliphatic heterocycles. The lowest BCUT2D eigenvalue weighted by Gasteiger charge is -2.22. The van der Waals surface area contributed by atoms with Gasteiger partial charge >= 0.3 is 0 Å². The first-order chi connectivity index (χ1) is 9.17. The van der Waals surface area contributed by atoms with Crippen LogP contribution in [0.1, 0.15) is 5.56 Å². The van der Waals surface area contributed by atoms with E-state index in [-0.39, 0.29) is 6.61 Å². The first kappa shape index (κ1) is 13.3. The minimum absolute atomic E-state index is 0.278. The number of ether oxygens (including phenoxy) is 1. The van der Waals surface area contributed by atoms with Crippen LogP contribution >= 0.6 is 0 Å². The molecule has 2 aromatic rings. The molecule has 0 aliphatic carbocycles. The zero-order valence-corrected chi connectivity index (χ0v) is 10.8. The second-order valence-electron chi connectivity index (χ2n) is 4.03. The molecular weight excluding hydrogens is 247 g/mol. The van der Waals surface area contributed by atoms with E-state index in [1.54, 1.807) is 19.1 Å². The summed E-state index contributed by atoms with van der Waals surface area (Å²) in [6, 6.07) is 8.70. The van der Waals surface area contributed by atoms with Crippen LogP contribution in [0.25, 0.3) is 0 Å². The number of para-hydroxylation sites is 2. The number of aromatic nitrogens is 1. The van der Waals surface area contributed by atoms with Crippen LogP contribution in [0.5, 0.6) is 5.75 Å². The minimum atomic E-state index is -0.471. The quantitative estimate of drug-likeness (QED) is 0.919. The average Bonchev–Trinajstić information content (AvgIpc) is 2.46. The molecule has 100 valence electrons. The fourth-order valence-electron chi connectivity index (χ4n) is 1.91. The number of benzene rings is 1. The molecule has 0 unspecified atom stereocenters. The van der Waals surface area contributed by atoms with E-state index in [1.165, 1.54) is 6.07 Å². The Balaban J connectivity index is 2.46. The molecule has 0 aliphatic rings. The number of methoxy groups -OCH3 is 1. The predicted octanol–water partition coefficient (Wildman–Crippen LogP) is 2.49. The SMILES string of the molecule is COc1ccccc1N(C)c1ncc(F)cc1CO. The van der Waals surface area contributed by atoms with Gasteiger partial charge in [0.1, 0.15) is 17.4 Å². The zero-order chi connectivity index (χ0) is 13.8. The Bertz CT molecular complexity index is 575. The smallest absolute Gasteiger partial charge is 0.142 e. The second kappa shape index (κ2) is 5.67. The molecule has 1 N–H and O–H groups in total. The number of pyridine rings is 1. The van der Waals surface area contributed by atoms with Crippen LogP contribution in [0.3, 0.4) is 0 Å². The molecule has 0 fully saturated rings. The summed E-state index contributed by atoms with van der Waals surface area (Å²) in [7, 11) is 3.37. The summed E-state index contributed by atoms with van der Waals surface area (Å²) in [5.74, 6) is 0.703. The van der Waals surface area contributed by atoms with E-state index in [1.807, 2.05) is 24.3 Å². The zero-order valence-electron chi connectivity index (χ0n) is 10.8. The van der Waals surface area contributed by atoms with Gasteiger partial charge in [0, 0.05) is 12.6 Å². The van der Waals surface area contributed by atoms with E-state index in [2.05, 4.69) is 4.98 Å². The van der Waals surface area contributed by atoms with Crippen molar-refractivity contribution < 1.29 is 14.2 Å². The molecule has 0 amide bonds. The van der Waals surface area contributed by atoms with Crippen LogP contribution in [0.15, 0.2) is 36.5 Å². The van der Waals surface area contributed by atoms with Gasteiger partial charge in [0.05, 0.1) is 25.6 Å². The van der Waals surface area contributed by atoms with Gasteiger partial charge in [-0.1, -0.05) is 12.1 Å². The van der Waals surface area contributed by atoms with E-state index in [0.717, 1.165) is 11.9 Å². The fraction of sp³-hybridized carbons (Fsp3) is 0.214. The molecule has 0 saturated heterocycles. The highest BCUT2D eigenvalue weighted by atomic mass is 19.1. The molecular formula is C14H15FN2O2. The molecule has 1 aromatic carbocycles. The van der Waals surface area contributed by atoms with Crippen molar-refractivity contribution in [3.63, 3.8) is 0 Å². The number of hydrogen-bond acceptors (Lipinski definition) is 4. The van der Waals surface area contributed by atoms with Crippen LogP contribution in [0, 0.1) is 5.82 Å². The second-order valence-corrected chi connectivity index (χ2v) is 4.03. The van der Waals surface area contributed by atoms with Crippen LogP contribution < -0.4 is 9.64 Å². The maximum Gasteiger partial charge on any atom is 0.142 e. The standard InChI is InChI=1S/C14H15FN2O2/c1-17(12-5-3-4-6-13(12)19-2)14-10(9-18)7-11(15)8-16-14/h3-8,18H,9H2,1-2H3. The lowest BCUT2D eigenvalue weighted by Crippen LogP contribution is -2.15. The van der Waals surface area contributed by atoms with Gasteiger partial charge in [0.2, 0.25) is 0 Å². The fourth-order valence-corrected chi connectivity index (χ4v) is 1.91. The lowest BCUT2D eigenvalue weighted by molar-refractivity contribution is 0.281. The van der Waals surface area contributed by atoms with Gasteiger partial charge in [-0.3, -0.25) is 0 Å². The number of aliphatic hydroxyl groups excluding tert-OH is 1. The summed E-state index contributed by atoms with van der Waals surface area (Å²) in [5, 5.41) is 9.30. The minimum Gasteiger partial charge on any atom is -0.495 e. The van der Waals surface area contributed by atoms with Crippen LogP contribution in [0.2, 0.25) is 0 Å². The molecule has 5 heteroatoms. The third kappa shape index (κ3) is 2.66. The first-order valence-corrected chi connectivity index (χ1v) is 5.79. The van der Waals surface area contributed by atoms with Crippen molar-refractivity contribution in [3.8, 4) is 5.75 Å². The summed E-state index contributed by atoms with van der Waals surface area (Å²) in [5.41, 5.74) is 1.22. The molecule has 1 heterocycles. The van der Waals surface area contributed by atoms with Crippen molar-refractivity contribution in [2.45, 2.75) is 6.61 Å². The van der Waals surface area contributed by atoms with Crippen molar-refractivity contribution in [1.82, 2.24) is 4.98 Å². The van der Waals surface area contributed by atoms with E-state index in [9.17, 15) is 9.50 Å². The van der Waals surface area contributed by atoms with Gasteiger partial charge < -0.3 is 14.7 Å². The molecule has 0 atom stereocenters. The van der Waals surface area contributed by atoms with Crippen LogP contribution in [-0.2, 0) is 6.61 Å². The Morgan fingerprint density at radius 3 is 2.79 bits per heavy atom. The highest BCUT2D eigenvalue weighted by Crippen LogP contribution is 2.32. The number of anilines is 2. The maximum atomic E-state index is 13.1. The van der Waals surface area contributed by atoms with E-state index in [4.69, 9.17) is 4.74 Å². The summed E-state index contributed by atoms with van der Waals surface area (Å²) >= 11 is 0. The monoisotopic (exact) mass is 262 g/mol. The Morgan fingerprint density at radius 2 is 2.11 bits per heavy atom. The highest BCUT2D eigenvalue weighted by Gasteiger charge is 2.14. The third-order valence-electron chi connectivity index (χ3n) is 2.84. The van der Waals surface area contributed by atoms with Gasteiger partial charge in [0.15, 0.2) is 0 Å². The normalized spacial score (nSPS) is 10.3. The summed E-state index contributed by atoms with van der Waals surface area (Å²) < 4.78 is 18.4. The molecule has 0 spiro atoms. The van der Waals surface area contributed by atoms with E-state index in [0.29, 0.717) is 17.1 Å². The number of hydrogen-bond donors (Lipinski definition) is 1. The van der Waals surface area contributed by atoms with Crippen molar-refractivity contribution in [1.29, 1.82) is 0 Å². The van der Waals surface area contributed by atoms with Crippen molar-refractivity contribution in [3.05, 3.63) is 47.9 Å². The maximum absolute atomic E-state index is 13.1. The number of halogens is 1.